The highest BCUT2D eigenvalue weighted by atomic mass is 35.5. The van der Waals surface area contributed by atoms with Gasteiger partial charge in [-0.1, -0.05) is 11.6 Å². The number of hydrogen-bond acceptors (Lipinski definition) is 4. The number of ether oxygens (including phenoxy) is 1. The number of esters is 1. The van der Waals surface area contributed by atoms with Gasteiger partial charge in [0.2, 0.25) is 0 Å². The smallest absolute Gasteiger partial charge is 0.330 e. The number of nitrogen functional groups attached to an aromatic ring is 1. The van der Waals surface area contributed by atoms with Gasteiger partial charge in [-0.05, 0) is 18.2 Å². The maximum Gasteiger partial charge on any atom is 0.330 e. The minimum Gasteiger partial charge on any atom is -0.505 e. The Morgan fingerprint density at radius 2 is 2.27 bits per heavy atom. The summed E-state index contributed by atoms with van der Waals surface area (Å²) in [5, 5.41) is 9.90. The number of aromatic hydroxyl groups is 1. The summed E-state index contributed by atoms with van der Waals surface area (Å²) in [5.74, 6) is -0.632. The van der Waals surface area contributed by atoms with Crippen LogP contribution in [0.5, 0.6) is 5.75 Å². The van der Waals surface area contributed by atoms with Crippen LogP contribution in [0.1, 0.15) is 5.56 Å². The number of hydrogen-bond donors (Lipinski definition) is 2. The molecule has 0 aromatic heterocycles. The fourth-order valence-corrected chi connectivity index (χ4v) is 1.23. The Hall–Kier alpha value is -1.68. The Balaban J connectivity index is 3.04. The van der Waals surface area contributed by atoms with Crippen LogP contribution in [0.4, 0.5) is 5.69 Å². The van der Waals surface area contributed by atoms with Gasteiger partial charge < -0.3 is 15.6 Å². The lowest BCUT2D eigenvalue weighted by molar-refractivity contribution is -0.134. The number of phenols is 1. The maximum atomic E-state index is 10.8. The number of carbonyl (C=O) groups excluding carboxylic acids is 1. The Morgan fingerprint density at radius 3 is 2.87 bits per heavy atom. The first-order valence-electron chi connectivity index (χ1n) is 4.08. The van der Waals surface area contributed by atoms with Crippen LogP contribution in [0.3, 0.4) is 0 Å². The molecule has 15 heavy (non-hydrogen) atoms. The zero-order valence-corrected chi connectivity index (χ0v) is 8.78. The molecule has 0 saturated heterocycles. The molecule has 0 fully saturated rings. The van der Waals surface area contributed by atoms with Crippen molar-refractivity contribution in [3.63, 3.8) is 0 Å². The molecule has 0 saturated carbocycles. The molecular formula is C10H10ClNO3. The van der Waals surface area contributed by atoms with E-state index < -0.39 is 5.97 Å². The molecule has 0 bridgehead atoms. The van der Waals surface area contributed by atoms with Crippen molar-refractivity contribution in [3.8, 4) is 5.75 Å². The third-order valence-corrected chi connectivity index (χ3v) is 1.95. The number of nitrogens with two attached hydrogens (primary N) is 1. The fraction of sp³-hybridized carbons (Fsp3) is 0.100. The molecule has 0 amide bonds. The van der Waals surface area contributed by atoms with E-state index >= 15 is 0 Å². The molecule has 4 nitrogen and oxygen atoms in total. The number of benzene rings is 1. The highest BCUT2D eigenvalue weighted by Crippen LogP contribution is 2.29. The molecule has 0 heterocycles. The van der Waals surface area contributed by atoms with Gasteiger partial charge in [0.05, 0.1) is 12.8 Å². The van der Waals surface area contributed by atoms with Crippen molar-refractivity contribution in [2.24, 2.45) is 0 Å². The summed E-state index contributed by atoms with van der Waals surface area (Å²) in [7, 11) is 1.26. The van der Waals surface area contributed by atoms with Crippen molar-refractivity contribution >= 4 is 29.3 Å². The average Bonchev–Trinajstić information content (AvgIpc) is 2.20. The fourth-order valence-electron chi connectivity index (χ4n) is 0.995. The van der Waals surface area contributed by atoms with Crippen LogP contribution in [-0.4, -0.2) is 18.2 Å². The van der Waals surface area contributed by atoms with E-state index in [1.54, 1.807) is 0 Å². The van der Waals surface area contributed by atoms with Crippen LogP contribution < -0.4 is 5.73 Å². The minimum atomic E-state index is -0.520. The van der Waals surface area contributed by atoms with Gasteiger partial charge in [0, 0.05) is 16.7 Å². The summed E-state index contributed by atoms with van der Waals surface area (Å²) in [6.45, 7) is 0. The lowest BCUT2D eigenvalue weighted by Crippen LogP contribution is -1.94. The lowest BCUT2D eigenvalue weighted by atomic mass is 10.1. The number of methoxy groups -OCH3 is 1. The van der Waals surface area contributed by atoms with Gasteiger partial charge in [0.15, 0.2) is 0 Å². The van der Waals surface area contributed by atoms with Crippen LogP contribution in [-0.2, 0) is 9.53 Å². The first-order chi connectivity index (χ1) is 7.04. The highest BCUT2D eigenvalue weighted by molar-refractivity contribution is 6.31. The molecule has 0 unspecified atom stereocenters. The van der Waals surface area contributed by atoms with Crippen molar-refractivity contribution in [2.45, 2.75) is 0 Å². The molecule has 3 N–H and O–H groups in total. The second-order valence-electron chi connectivity index (χ2n) is 2.79. The molecule has 0 aliphatic carbocycles. The molecule has 1 aromatic carbocycles. The number of phenolic OH excluding ortho intramolecular Hbond substituents is 1. The summed E-state index contributed by atoms with van der Waals surface area (Å²) in [6.07, 6.45) is 2.55. The van der Waals surface area contributed by atoms with Gasteiger partial charge in [-0.15, -0.1) is 0 Å². The van der Waals surface area contributed by atoms with Crippen molar-refractivity contribution in [3.05, 3.63) is 28.8 Å². The molecule has 1 aromatic rings. The number of halogens is 1. The zero-order valence-electron chi connectivity index (χ0n) is 8.03. The van der Waals surface area contributed by atoms with Crippen molar-refractivity contribution < 1.29 is 14.6 Å². The third kappa shape index (κ3) is 2.89. The van der Waals surface area contributed by atoms with E-state index in [4.69, 9.17) is 17.3 Å². The van der Waals surface area contributed by atoms with Gasteiger partial charge in [0.25, 0.3) is 0 Å². The first kappa shape index (κ1) is 11.4. The van der Waals surface area contributed by atoms with Gasteiger partial charge in [0.1, 0.15) is 5.75 Å². The van der Waals surface area contributed by atoms with Gasteiger partial charge >= 0.3 is 5.97 Å². The van der Waals surface area contributed by atoms with E-state index in [9.17, 15) is 9.90 Å². The van der Waals surface area contributed by atoms with E-state index in [1.165, 1.54) is 31.4 Å². The monoisotopic (exact) mass is 227 g/mol. The average molecular weight is 228 g/mol. The topological polar surface area (TPSA) is 72.5 Å². The Kier molecular flexibility index (Phi) is 3.57. The second kappa shape index (κ2) is 4.70. The molecule has 5 heteroatoms. The third-order valence-electron chi connectivity index (χ3n) is 1.73. The molecule has 0 aliphatic heterocycles. The largest absolute Gasteiger partial charge is 0.505 e. The van der Waals surface area contributed by atoms with Gasteiger partial charge in [-0.25, -0.2) is 4.79 Å². The first-order valence-corrected chi connectivity index (χ1v) is 4.46. The quantitative estimate of drug-likeness (QED) is 0.350. The minimum absolute atomic E-state index is 0.112. The van der Waals surface area contributed by atoms with Gasteiger partial charge in [-0.3, -0.25) is 0 Å². The normalized spacial score (nSPS) is 10.5. The predicted molar refractivity (Wildman–Crippen MR) is 58.6 cm³/mol. The van der Waals surface area contributed by atoms with Crippen LogP contribution in [0, 0.1) is 0 Å². The van der Waals surface area contributed by atoms with Crippen LogP contribution in [0.15, 0.2) is 18.2 Å². The SMILES string of the molecule is COC(=O)/C=C/c1cc(Cl)cc(N)c1O. The van der Waals surface area contributed by atoms with E-state index in [0.717, 1.165) is 0 Å². The number of rotatable bonds is 2. The van der Waals surface area contributed by atoms with E-state index in [0.29, 0.717) is 10.6 Å². The number of anilines is 1. The highest BCUT2D eigenvalue weighted by Gasteiger charge is 2.04. The van der Waals surface area contributed by atoms with E-state index in [-0.39, 0.29) is 11.4 Å². The molecule has 0 atom stereocenters. The van der Waals surface area contributed by atoms with Crippen molar-refractivity contribution in [1.82, 2.24) is 0 Å². The molecule has 0 spiro atoms. The van der Waals surface area contributed by atoms with Gasteiger partial charge in [-0.2, -0.15) is 0 Å². The summed E-state index contributed by atoms with van der Waals surface area (Å²) in [6, 6.07) is 2.92. The summed E-state index contributed by atoms with van der Waals surface area (Å²) in [4.78, 5) is 10.8. The van der Waals surface area contributed by atoms with Crippen LogP contribution in [0.2, 0.25) is 5.02 Å². The van der Waals surface area contributed by atoms with Crippen LogP contribution >= 0.6 is 11.6 Å². The van der Waals surface area contributed by atoms with E-state index in [1.807, 2.05) is 0 Å². The number of carbonyl (C=O) groups is 1. The summed E-state index contributed by atoms with van der Waals surface area (Å²) < 4.78 is 4.40. The lowest BCUT2D eigenvalue weighted by Gasteiger charge is -2.03. The summed E-state index contributed by atoms with van der Waals surface area (Å²) in [5.41, 5.74) is 6.00. The molecule has 0 aliphatic rings. The van der Waals surface area contributed by atoms with E-state index in [2.05, 4.69) is 4.74 Å². The second-order valence-corrected chi connectivity index (χ2v) is 3.23. The predicted octanol–water partition coefficient (Wildman–Crippen LogP) is 1.81. The Bertz CT molecular complexity index is 415. The zero-order chi connectivity index (χ0) is 11.4. The molecule has 80 valence electrons. The Morgan fingerprint density at radius 1 is 1.60 bits per heavy atom. The Labute approximate surface area is 91.9 Å². The maximum absolute atomic E-state index is 10.8. The molecule has 0 radical (unpaired) electrons. The van der Waals surface area contributed by atoms with Crippen LogP contribution in [0.25, 0.3) is 6.08 Å². The van der Waals surface area contributed by atoms with Crippen molar-refractivity contribution in [1.29, 1.82) is 0 Å². The molecular weight excluding hydrogens is 218 g/mol. The molecule has 1 rings (SSSR count). The van der Waals surface area contributed by atoms with Crippen molar-refractivity contribution in [2.75, 3.05) is 12.8 Å². The summed E-state index contributed by atoms with van der Waals surface area (Å²) >= 11 is 5.73. The standard InChI is InChI=1S/C10H10ClNO3/c1-15-9(13)3-2-6-4-7(11)5-8(12)10(6)14/h2-5,14H,12H2,1H3/b3-2+.